The van der Waals surface area contributed by atoms with Gasteiger partial charge >= 0.3 is 61.7 Å². The highest BCUT2D eigenvalue weighted by molar-refractivity contribution is 6.34. The van der Waals surface area contributed by atoms with E-state index < -0.39 is 61.7 Å². The Morgan fingerprint density at radius 2 is 0.457 bits per heavy atom. The van der Waals surface area contributed by atoms with Crippen LogP contribution in [-0.2, 0) is 0 Å². The Morgan fingerprint density at radius 1 is 0.257 bits per heavy atom. The lowest BCUT2D eigenvalue weighted by atomic mass is 9.89. The first kappa shape index (κ1) is 35.1. The van der Waals surface area contributed by atoms with E-state index in [0.717, 1.165) is 0 Å². The molecule has 0 bridgehead atoms. The van der Waals surface area contributed by atoms with Crippen molar-refractivity contribution in [3.8, 4) is 0 Å². The monoisotopic (exact) mass is 668 g/mol. The van der Waals surface area contributed by atoms with Gasteiger partial charge in [-0.05, 0) is 11.6 Å². The number of halogens is 24. The van der Waals surface area contributed by atoms with Crippen LogP contribution in [-0.4, -0.2) is 61.7 Å². The Balaban J connectivity index is 7.15. The molecule has 0 heterocycles. The van der Waals surface area contributed by atoms with Crippen molar-refractivity contribution in [2.24, 2.45) is 0 Å². The summed E-state index contributed by atoms with van der Waals surface area (Å²) in [6.45, 7) is 0. The summed E-state index contributed by atoms with van der Waals surface area (Å²) in [6, 6.07) is 0. The van der Waals surface area contributed by atoms with Crippen molar-refractivity contribution in [3.63, 3.8) is 0 Å². The highest BCUT2D eigenvalue weighted by Gasteiger charge is 2.95. The molecule has 0 rings (SSSR count). The third-order valence-electron chi connectivity index (χ3n) is 3.87. The van der Waals surface area contributed by atoms with Crippen LogP contribution in [0.2, 0.25) is 0 Å². The molecule has 0 aliphatic rings. The Bertz CT molecular complexity index is 728. The molecule has 0 radical (unpaired) electrons. The zero-order chi connectivity index (χ0) is 29.5. The van der Waals surface area contributed by atoms with E-state index in [9.17, 15) is 83.4 Å². The lowest BCUT2D eigenvalue weighted by Crippen LogP contribution is -2.76. The molecule has 0 amide bonds. The van der Waals surface area contributed by atoms with Crippen LogP contribution in [0.5, 0.6) is 0 Å². The molecule has 212 valence electrons. The first-order chi connectivity index (χ1) is 14.5. The van der Waals surface area contributed by atoms with Crippen LogP contribution < -0.4 is 0 Å². The van der Waals surface area contributed by atoms with Crippen LogP contribution in [0, 0.1) is 0 Å². The second-order valence-corrected chi connectivity index (χ2v) is 8.72. The quantitative estimate of drug-likeness (QED) is 0.170. The van der Waals surface area contributed by atoms with E-state index in [-0.39, 0.29) is 0 Å². The van der Waals surface area contributed by atoms with Gasteiger partial charge in [-0.3, -0.25) is 0 Å². The molecule has 0 aliphatic carbocycles. The number of hydrogen-bond donors (Lipinski definition) is 0. The van der Waals surface area contributed by atoms with Crippen molar-refractivity contribution >= 4 is 58.0 Å². The molecule has 0 N–H and O–H groups in total. The molecule has 0 aromatic carbocycles. The minimum Gasteiger partial charge on any atom is -0.212 e. The van der Waals surface area contributed by atoms with Crippen LogP contribution in [0.15, 0.2) is 0 Å². The van der Waals surface area contributed by atoms with Gasteiger partial charge in [0.1, 0.15) is 0 Å². The predicted molar refractivity (Wildman–Crippen MR) is 80.4 cm³/mol. The molecule has 4 unspecified atom stereocenters. The average Bonchev–Trinajstić information content (AvgIpc) is 2.58. The Labute approximate surface area is 203 Å². The minimum absolute atomic E-state index is 3.53. The van der Waals surface area contributed by atoms with Crippen LogP contribution >= 0.6 is 58.0 Å². The molecule has 0 spiro atoms. The Kier molecular flexibility index (Phi) is 8.59. The van der Waals surface area contributed by atoms with Gasteiger partial charge in [0.05, 0.1) is 0 Å². The first-order valence-corrected chi connectivity index (χ1v) is 8.93. The lowest BCUT2D eigenvalue weighted by molar-refractivity contribution is -0.397. The molecular formula is C11Cl5F19. The zero-order valence-electron chi connectivity index (χ0n) is 14.6. The molecular weight excluding hydrogens is 670 g/mol. The molecule has 0 nitrogen and oxygen atoms in total. The maximum Gasteiger partial charge on any atom is 0.460 e. The van der Waals surface area contributed by atoms with Gasteiger partial charge in [0, 0.05) is 0 Å². The standard InChI is InChI=1S/C11Cl5F19/c12-1(17,5(21,22)2(13,18)7(25,26)4(15,20)10(16,31)32)6(23,24)3(14,19)8(27,28)9(29,30)11(33,34)35. The van der Waals surface area contributed by atoms with Crippen LogP contribution in [0.4, 0.5) is 83.4 Å². The van der Waals surface area contributed by atoms with Crippen molar-refractivity contribution in [2.45, 2.75) is 61.7 Å². The second kappa shape index (κ2) is 8.56. The van der Waals surface area contributed by atoms with E-state index in [4.69, 9.17) is 0 Å². The first-order valence-electron chi connectivity index (χ1n) is 7.04. The van der Waals surface area contributed by atoms with Crippen LogP contribution in [0.25, 0.3) is 0 Å². The highest BCUT2D eigenvalue weighted by Crippen LogP contribution is 2.69. The molecule has 4 atom stereocenters. The highest BCUT2D eigenvalue weighted by atomic mass is 35.5. The van der Waals surface area contributed by atoms with Crippen molar-refractivity contribution in [2.75, 3.05) is 0 Å². The van der Waals surface area contributed by atoms with Crippen molar-refractivity contribution in [3.05, 3.63) is 0 Å². The SMILES string of the molecule is FC(F)(F)C(F)(F)C(F)(F)C(F)(Cl)C(F)(F)C(F)(Cl)C(F)(F)C(F)(Cl)C(F)(F)C(F)(Cl)C(F)(F)Cl. The van der Waals surface area contributed by atoms with Crippen molar-refractivity contribution in [1.29, 1.82) is 0 Å². The van der Waals surface area contributed by atoms with Crippen molar-refractivity contribution in [1.82, 2.24) is 0 Å². The van der Waals surface area contributed by atoms with Gasteiger partial charge in [-0.25, -0.2) is 17.6 Å². The van der Waals surface area contributed by atoms with E-state index in [1.807, 2.05) is 0 Å². The summed E-state index contributed by atoms with van der Waals surface area (Å²) in [4.78, 5) is 0. The topological polar surface area (TPSA) is 0 Å². The smallest absolute Gasteiger partial charge is 0.212 e. The summed E-state index contributed by atoms with van der Waals surface area (Å²) >= 11 is 18.3. The molecule has 0 saturated heterocycles. The van der Waals surface area contributed by atoms with E-state index in [2.05, 4.69) is 58.0 Å². The van der Waals surface area contributed by atoms with E-state index in [1.165, 1.54) is 0 Å². The largest absolute Gasteiger partial charge is 0.460 e. The second-order valence-electron chi connectivity index (χ2n) is 6.17. The summed E-state index contributed by atoms with van der Waals surface area (Å²) in [5.74, 6) is -40.4. The van der Waals surface area contributed by atoms with Gasteiger partial charge in [0.15, 0.2) is 0 Å². The summed E-state index contributed by atoms with van der Waals surface area (Å²) in [6.07, 6.45) is -7.77. The fourth-order valence-electron chi connectivity index (χ4n) is 1.74. The molecule has 0 aliphatic heterocycles. The fraction of sp³-hybridized carbons (Fsp3) is 1.00. The van der Waals surface area contributed by atoms with Gasteiger partial charge in [-0.15, -0.1) is 0 Å². The molecule has 35 heavy (non-hydrogen) atoms. The minimum atomic E-state index is -8.26. The van der Waals surface area contributed by atoms with E-state index >= 15 is 0 Å². The van der Waals surface area contributed by atoms with Crippen LogP contribution in [0.3, 0.4) is 0 Å². The Morgan fingerprint density at radius 3 is 0.657 bits per heavy atom. The molecule has 24 heteroatoms. The van der Waals surface area contributed by atoms with Gasteiger partial charge in [-0.1, -0.05) is 46.4 Å². The third-order valence-corrected chi connectivity index (χ3v) is 6.12. The van der Waals surface area contributed by atoms with Gasteiger partial charge in [-0.2, -0.15) is 65.9 Å². The van der Waals surface area contributed by atoms with E-state index in [0.29, 0.717) is 0 Å². The van der Waals surface area contributed by atoms with Crippen molar-refractivity contribution < 1.29 is 83.4 Å². The summed E-state index contributed by atoms with van der Waals surface area (Å²) in [7, 11) is 0. The average molecular weight is 670 g/mol. The number of rotatable bonds is 9. The maximum atomic E-state index is 14.1. The summed E-state index contributed by atoms with van der Waals surface area (Å²) in [5, 5.41) is -36.4. The summed E-state index contributed by atoms with van der Waals surface area (Å²) < 4.78 is 253. The third kappa shape index (κ3) is 4.33. The normalized spacial score (nSPS) is 22.6. The lowest BCUT2D eigenvalue weighted by Gasteiger charge is -2.47. The Hall–Kier alpha value is 0.120. The number of alkyl halides is 24. The molecule has 0 fully saturated rings. The van der Waals surface area contributed by atoms with E-state index in [1.54, 1.807) is 0 Å². The molecule has 0 aromatic rings. The predicted octanol–water partition coefficient (Wildman–Crippen LogP) is 9.18. The number of hydrogen-bond acceptors (Lipinski definition) is 0. The van der Waals surface area contributed by atoms with Gasteiger partial charge < -0.3 is 0 Å². The molecule has 0 aromatic heterocycles. The van der Waals surface area contributed by atoms with Gasteiger partial charge in [0.25, 0.3) is 0 Å². The van der Waals surface area contributed by atoms with Gasteiger partial charge in [0.2, 0.25) is 0 Å². The maximum absolute atomic E-state index is 14.1. The molecule has 0 saturated carbocycles. The van der Waals surface area contributed by atoms with Crippen LogP contribution in [0.1, 0.15) is 0 Å². The summed E-state index contributed by atoms with van der Waals surface area (Å²) in [5.41, 5.74) is 0. The zero-order valence-corrected chi connectivity index (χ0v) is 18.4. The fourth-order valence-corrected chi connectivity index (χ4v) is 2.90.